The number of aryl methyl sites for hydroxylation is 1. The molecule has 1 aliphatic rings. The molecule has 16 heteroatoms. The molecule has 0 saturated carbocycles. The fraction of sp³-hybridized carbons (Fsp3) is 0.379. The number of alkyl halides is 3. The Bertz CT molecular complexity index is 1750. The van der Waals surface area contributed by atoms with Gasteiger partial charge in [0, 0.05) is 36.4 Å². The maximum absolute atomic E-state index is 13.8. The SMILES string of the molecule is CCc1cc(Nc2nccn3c(-c4cn(CC#N)nc4C(F)(F)F)cnc23)ccc1C(=O)NCC(=O)NCC1(O)CCNCC1. The highest BCUT2D eigenvalue weighted by Crippen LogP contribution is 2.37. The first-order valence-electron chi connectivity index (χ1n) is 14.2. The summed E-state index contributed by atoms with van der Waals surface area (Å²) < 4.78 is 43.6. The maximum atomic E-state index is 13.8. The summed E-state index contributed by atoms with van der Waals surface area (Å²) in [5.74, 6) is -0.595. The summed E-state index contributed by atoms with van der Waals surface area (Å²) in [6, 6.07) is 6.76. The molecule has 4 heterocycles. The number of imidazole rings is 1. The summed E-state index contributed by atoms with van der Waals surface area (Å²) in [5.41, 5.74) is -0.372. The van der Waals surface area contributed by atoms with E-state index in [4.69, 9.17) is 5.26 Å². The molecule has 236 valence electrons. The number of aliphatic hydroxyl groups is 1. The van der Waals surface area contributed by atoms with Gasteiger partial charge in [-0.3, -0.25) is 18.7 Å². The number of benzene rings is 1. The number of hydrogen-bond donors (Lipinski definition) is 5. The average molecular weight is 625 g/mol. The van der Waals surface area contributed by atoms with Crippen LogP contribution >= 0.6 is 0 Å². The predicted molar refractivity (Wildman–Crippen MR) is 156 cm³/mol. The number of fused-ring (bicyclic) bond motifs is 1. The number of nitriles is 1. The Kier molecular flexibility index (Phi) is 9.02. The zero-order chi connectivity index (χ0) is 32.2. The number of halogens is 3. The van der Waals surface area contributed by atoms with Gasteiger partial charge < -0.3 is 26.4 Å². The molecule has 13 nitrogen and oxygen atoms in total. The molecule has 1 aromatic carbocycles. The molecule has 1 aliphatic heterocycles. The average Bonchev–Trinajstić information content (AvgIpc) is 3.64. The molecule has 5 N–H and O–H groups in total. The van der Waals surface area contributed by atoms with Crippen LogP contribution in [0.15, 0.2) is 43.0 Å². The molecule has 0 unspecified atom stereocenters. The zero-order valence-electron chi connectivity index (χ0n) is 24.3. The van der Waals surface area contributed by atoms with E-state index < -0.39 is 29.3 Å². The van der Waals surface area contributed by atoms with E-state index in [1.54, 1.807) is 24.3 Å². The van der Waals surface area contributed by atoms with E-state index in [9.17, 15) is 27.9 Å². The van der Waals surface area contributed by atoms with Crippen LogP contribution in [0.25, 0.3) is 16.9 Å². The second-order valence-electron chi connectivity index (χ2n) is 10.6. The van der Waals surface area contributed by atoms with Gasteiger partial charge in [0.05, 0.1) is 35.7 Å². The predicted octanol–water partition coefficient (Wildman–Crippen LogP) is 2.40. The molecular formula is C29H31F3N10O3. The van der Waals surface area contributed by atoms with E-state index in [0.717, 1.165) is 10.9 Å². The molecule has 4 aromatic rings. The largest absolute Gasteiger partial charge is 0.435 e. The Morgan fingerprint density at radius 2 is 1.98 bits per heavy atom. The molecule has 2 amide bonds. The number of nitrogens with one attached hydrogen (secondary N) is 4. The van der Waals surface area contributed by atoms with Crippen molar-refractivity contribution in [1.82, 2.24) is 40.1 Å². The van der Waals surface area contributed by atoms with Gasteiger partial charge in [0.1, 0.15) is 6.54 Å². The van der Waals surface area contributed by atoms with Crippen LogP contribution in [-0.4, -0.2) is 72.9 Å². The molecular weight excluding hydrogens is 593 g/mol. The van der Waals surface area contributed by atoms with Crippen molar-refractivity contribution in [2.45, 2.75) is 44.5 Å². The van der Waals surface area contributed by atoms with E-state index in [0.29, 0.717) is 49.2 Å². The third-order valence-corrected chi connectivity index (χ3v) is 7.52. The summed E-state index contributed by atoms with van der Waals surface area (Å²) in [4.78, 5) is 33.8. The van der Waals surface area contributed by atoms with Gasteiger partial charge >= 0.3 is 6.18 Å². The number of carbonyl (C=O) groups excluding carboxylic acids is 2. The molecule has 5 rings (SSSR count). The fourth-order valence-corrected chi connectivity index (χ4v) is 5.15. The minimum Gasteiger partial charge on any atom is -0.388 e. The first-order valence-corrected chi connectivity index (χ1v) is 14.2. The van der Waals surface area contributed by atoms with E-state index in [1.165, 1.54) is 23.0 Å². The Balaban J connectivity index is 1.30. The Morgan fingerprint density at radius 1 is 1.20 bits per heavy atom. The van der Waals surface area contributed by atoms with Gasteiger partial charge in [-0.05, 0) is 56.1 Å². The van der Waals surface area contributed by atoms with Gasteiger partial charge in [-0.1, -0.05) is 6.92 Å². The molecule has 1 saturated heterocycles. The van der Waals surface area contributed by atoms with Crippen molar-refractivity contribution in [3.63, 3.8) is 0 Å². The van der Waals surface area contributed by atoms with Crippen molar-refractivity contribution >= 4 is 29.0 Å². The van der Waals surface area contributed by atoms with Gasteiger partial charge in [-0.25, -0.2) is 9.97 Å². The molecule has 0 bridgehead atoms. The highest BCUT2D eigenvalue weighted by molar-refractivity contribution is 5.98. The lowest BCUT2D eigenvalue weighted by atomic mass is 9.92. The molecule has 0 radical (unpaired) electrons. The first-order chi connectivity index (χ1) is 21.5. The zero-order valence-corrected chi connectivity index (χ0v) is 24.3. The summed E-state index contributed by atoms with van der Waals surface area (Å²) in [6.45, 7) is 2.71. The summed E-state index contributed by atoms with van der Waals surface area (Å²) in [6.07, 6.45) is 2.10. The fourth-order valence-electron chi connectivity index (χ4n) is 5.15. The van der Waals surface area contributed by atoms with Crippen LogP contribution < -0.4 is 21.3 Å². The number of hydrogen-bond acceptors (Lipinski definition) is 9. The molecule has 1 fully saturated rings. The standard InChI is InChI=1S/C29H31F3N10O3/c1-2-18-13-19(3-4-20(18)27(44)37-15-23(43)38-17-28(45)5-8-34-9-6-28)39-25-26-36-14-22(42(26)12-10-35-25)21-16-41(11-7-33)40-24(21)29(30,31)32/h3-4,10,12-14,16,34,45H,2,5-6,8-9,11,15,17H2,1H3,(H,35,39)(H,37,44)(H,38,43). The normalized spacial score (nSPS) is 14.6. The quantitative estimate of drug-likeness (QED) is 0.178. The van der Waals surface area contributed by atoms with Crippen molar-refractivity contribution < 1.29 is 27.9 Å². The topological polar surface area (TPSA) is 174 Å². The molecule has 3 aromatic heterocycles. The van der Waals surface area contributed by atoms with Crippen molar-refractivity contribution in [2.75, 3.05) is 31.5 Å². The second-order valence-corrected chi connectivity index (χ2v) is 10.6. The van der Waals surface area contributed by atoms with E-state index in [-0.39, 0.29) is 42.4 Å². The number of amides is 2. The number of nitrogens with zero attached hydrogens (tertiary/aromatic N) is 6. The van der Waals surface area contributed by atoms with Crippen LogP contribution in [0.4, 0.5) is 24.7 Å². The van der Waals surface area contributed by atoms with Crippen molar-refractivity contribution in [1.29, 1.82) is 5.26 Å². The number of piperidine rings is 1. The van der Waals surface area contributed by atoms with Crippen molar-refractivity contribution in [3.05, 3.63) is 59.8 Å². The Labute approximate surface area is 255 Å². The third-order valence-electron chi connectivity index (χ3n) is 7.52. The number of anilines is 2. The summed E-state index contributed by atoms with van der Waals surface area (Å²) >= 11 is 0. The van der Waals surface area contributed by atoms with E-state index in [1.807, 2.05) is 6.92 Å². The van der Waals surface area contributed by atoms with Gasteiger partial charge in [-0.2, -0.15) is 23.5 Å². The van der Waals surface area contributed by atoms with Crippen LogP contribution in [0.3, 0.4) is 0 Å². The maximum Gasteiger partial charge on any atom is 0.435 e. The van der Waals surface area contributed by atoms with Crippen LogP contribution in [0, 0.1) is 11.3 Å². The van der Waals surface area contributed by atoms with Crippen molar-refractivity contribution in [3.8, 4) is 17.3 Å². The van der Waals surface area contributed by atoms with Gasteiger partial charge in [0.2, 0.25) is 5.91 Å². The number of rotatable bonds is 10. The number of aromatic nitrogens is 5. The molecule has 45 heavy (non-hydrogen) atoms. The Hall–Kier alpha value is -5.01. The van der Waals surface area contributed by atoms with Gasteiger partial charge in [-0.15, -0.1) is 0 Å². The monoisotopic (exact) mass is 624 g/mol. The first kappa shape index (κ1) is 31.4. The van der Waals surface area contributed by atoms with Gasteiger partial charge in [0.25, 0.3) is 5.91 Å². The van der Waals surface area contributed by atoms with E-state index >= 15 is 0 Å². The Morgan fingerprint density at radius 3 is 2.69 bits per heavy atom. The summed E-state index contributed by atoms with van der Waals surface area (Å²) in [5, 5.41) is 34.6. The van der Waals surface area contributed by atoms with Crippen molar-refractivity contribution in [2.24, 2.45) is 0 Å². The van der Waals surface area contributed by atoms with Crippen LogP contribution in [0.2, 0.25) is 0 Å². The minimum absolute atomic E-state index is 0.108. The highest BCUT2D eigenvalue weighted by atomic mass is 19.4. The second kappa shape index (κ2) is 12.9. The molecule has 0 atom stereocenters. The van der Waals surface area contributed by atoms with Crippen LogP contribution in [0.1, 0.15) is 41.4 Å². The number of carbonyl (C=O) groups is 2. The van der Waals surface area contributed by atoms with Crippen LogP contribution in [-0.2, 0) is 23.9 Å². The lowest BCUT2D eigenvalue weighted by Gasteiger charge is -2.32. The van der Waals surface area contributed by atoms with Crippen LogP contribution in [0.5, 0.6) is 0 Å². The molecule has 0 spiro atoms. The molecule has 0 aliphatic carbocycles. The third kappa shape index (κ3) is 7.05. The minimum atomic E-state index is -4.75. The lowest BCUT2D eigenvalue weighted by Crippen LogP contribution is -2.51. The smallest absolute Gasteiger partial charge is 0.388 e. The van der Waals surface area contributed by atoms with Gasteiger partial charge in [0.15, 0.2) is 17.2 Å². The summed E-state index contributed by atoms with van der Waals surface area (Å²) in [7, 11) is 0. The van der Waals surface area contributed by atoms with E-state index in [2.05, 4.69) is 36.3 Å². The highest BCUT2D eigenvalue weighted by Gasteiger charge is 2.38. The lowest BCUT2D eigenvalue weighted by molar-refractivity contribution is -0.141.